The lowest BCUT2D eigenvalue weighted by Gasteiger charge is -2.34. The van der Waals surface area contributed by atoms with Crippen molar-refractivity contribution in [2.45, 2.75) is 33.3 Å². The van der Waals surface area contributed by atoms with E-state index in [1.165, 1.54) is 6.42 Å². The molecule has 1 saturated heterocycles. The zero-order valence-electron chi connectivity index (χ0n) is 14.7. The molecule has 0 amide bonds. The molecule has 1 aliphatic carbocycles. The first kappa shape index (κ1) is 16.3. The number of hydrogen-bond acceptors (Lipinski definition) is 3. The van der Waals surface area contributed by atoms with Gasteiger partial charge in [0, 0.05) is 38.4 Å². The lowest BCUT2D eigenvalue weighted by atomic mass is 10.1. The van der Waals surface area contributed by atoms with Gasteiger partial charge in [-0.05, 0) is 24.7 Å². The lowest BCUT2D eigenvalue weighted by molar-refractivity contribution is -0.00805. The Kier molecular flexibility index (Phi) is 4.62. The van der Waals surface area contributed by atoms with Gasteiger partial charge in [0.1, 0.15) is 6.10 Å². The molecule has 2 aliphatic rings. The van der Waals surface area contributed by atoms with E-state index in [1.54, 1.807) is 0 Å². The Labute approximate surface area is 138 Å². The average Bonchev–Trinajstić information content (AvgIpc) is 2.92. The molecule has 1 saturated carbocycles. The summed E-state index contributed by atoms with van der Waals surface area (Å²) in [5.74, 6) is 1.75. The maximum absolute atomic E-state index is 5.93. The van der Waals surface area contributed by atoms with Crippen molar-refractivity contribution in [2.75, 3.05) is 32.8 Å². The van der Waals surface area contributed by atoms with Crippen molar-refractivity contribution in [3.05, 3.63) is 18.0 Å². The van der Waals surface area contributed by atoms with Gasteiger partial charge in [0.15, 0.2) is 5.96 Å². The van der Waals surface area contributed by atoms with E-state index in [9.17, 15) is 0 Å². The Balaban J connectivity index is 1.65. The summed E-state index contributed by atoms with van der Waals surface area (Å²) in [7, 11) is 1.94. The zero-order chi connectivity index (χ0) is 16.4. The molecule has 2 fully saturated rings. The standard InChI is InChI=1S/C17H29N5O/c1-5-18-16(19-10-14-8-17(14,2)3)22-6-7-23-15(12-22)13-9-20-21(4)11-13/h9,11,14-15H,5-8,10,12H2,1-4H3,(H,18,19). The summed E-state index contributed by atoms with van der Waals surface area (Å²) >= 11 is 0. The summed E-state index contributed by atoms with van der Waals surface area (Å²) in [4.78, 5) is 7.20. The smallest absolute Gasteiger partial charge is 0.194 e. The molecule has 0 bridgehead atoms. The molecule has 2 heterocycles. The van der Waals surface area contributed by atoms with E-state index in [2.05, 4.69) is 36.1 Å². The normalized spacial score (nSPS) is 27.1. The summed E-state index contributed by atoms with van der Waals surface area (Å²) in [5.41, 5.74) is 1.61. The number of hydrogen-bond donors (Lipinski definition) is 1. The Morgan fingerprint density at radius 3 is 2.91 bits per heavy atom. The van der Waals surface area contributed by atoms with Gasteiger partial charge in [0.25, 0.3) is 0 Å². The molecule has 1 aliphatic heterocycles. The van der Waals surface area contributed by atoms with E-state index in [0.29, 0.717) is 5.41 Å². The molecule has 128 valence electrons. The first-order valence-corrected chi connectivity index (χ1v) is 8.63. The maximum Gasteiger partial charge on any atom is 0.194 e. The van der Waals surface area contributed by atoms with Crippen LogP contribution in [-0.4, -0.2) is 53.4 Å². The van der Waals surface area contributed by atoms with Gasteiger partial charge in [-0.15, -0.1) is 0 Å². The highest BCUT2D eigenvalue weighted by atomic mass is 16.5. The van der Waals surface area contributed by atoms with Gasteiger partial charge >= 0.3 is 0 Å². The third kappa shape index (κ3) is 3.86. The van der Waals surface area contributed by atoms with E-state index in [0.717, 1.165) is 50.2 Å². The molecule has 3 rings (SSSR count). The van der Waals surface area contributed by atoms with E-state index in [4.69, 9.17) is 9.73 Å². The number of nitrogens with zero attached hydrogens (tertiary/aromatic N) is 4. The first-order chi connectivity index (χ1) is 11.0. The van der Waals surface area contributed by atoms with Gasteiger partial charge in [-0.3, -0.25) is 9.67 Å². The number of ether oxygens (including phenoxy) is 1. The molecule has 1 N–H and O–H groups in total. The Morgan fingerprint density at radius 1 is 1.52 bits per heavy atom. The van der Waals surface area contributed by atoms with Gasteiger partial charge in [-0.2, -0.15) is 5.10 Å². The molecular formula is C17H29N5O. The minimum Gasteiger partial charge on any atom is -0.370 e. The third-order valence-electron chi connectivity index (χ3n) is 4.98. The summed E-state index contributed by atoms with van der Waals surface area (Å²) in [6.07, 6.45) is 5.28. The molecule has 2 atom stereocenters. The van der Waals surface area contributed by atoms with Crippen molar-refractivity contribution in [1.82, 2.24) is 20.0 Å². The number of guanidine groups is 1. The quantitative estimate of drug-likeness (QED) is 0.679. The second-order valence-corrected chi connectivity index (χ2v) is 7.34. The van der Waals surface area contributed by atoms with Crippen molar-refractivity contribution < 1.29 is 4.74 Å². The van der Waals surface area contributed by atoms with Crippen LogP contribution in [0.5, 0.6) is 0 Å². The fourth-order valence-electron chi connectivity index (χ4n) is 3.16. The van der Waals surface area contributed by atoms with Crippen LogP contribution >= 0.6 is 0 Å². The minimum absolute atomic E-state index is 0.0682. The molecule has 0 radical (unpaired) electrons. The second-order valence-electron chi connectivity index (χ2n) is 7.34. The molecule has 0 spiro atoms. The number of aromatic nitrogens is 2. The zero-order valence-corrected chi connectivity index (χ0v) is 14.7. The summed E-state index contributed by atoms with van der Waals surface area (Å²) in [5, 5.41) is 7.69. The Hall–Kier alpha value is -1.56. The van der Waals surface area contributed by atoms with Crippen LogP contribution in [0.1, 0.15) is 38.9 Å². The van der Waals surface area contributed by atoms with Crippen LogP contribution in [0.15, 0.2) is 17.4 Å². The molecule has 1 aromatic rings. The van der Waals surface area contributed by atoms with Crippen LogP contribution in [0.2, 0.25) is 0 Å². The molecule has 1 aromatic heterocycles. The number of rotatable bonds is 4. The lowest BCUT2D eigenvalue weighted by Crippen LogP contribution is -2.48. The summed E-state index contributed by atoms with van der Waals surface area (Å²) in [6.45, 7) is 11.0. The van der Waals surface area contributed by atoms with Gasteiger partial charge in [0.05, 0.1) is 19.3 Å². The van der Waals surface area contributed by atoms with Crippen LogP contribution in [0.25, 0.3) is 0 Å². The third-order valence-corrected chi connectivity index (χ3v) is 4.98. The van der Waals surface area contributed by atoms with E-state index in [1.807, 2.05) is 24.1 Å². The SMILES string of the molecule is CCNC(=NCC1CC1(C)C)N1CCOC(c2cnn(C)c2)C1. The first-order valence-electron chi connectivity index (χ1n) is 8.63. The molecule has 23 heavy (non-hydrogen) atoms. The van der Waals surface area contributed by atoms with Crippen molar-refractivity contribution in [2.24, 2.45) is 23.4 Å². The van der Waals surface area contributed by atoms with Crippen LogP contribution in [0, 0.1) is 11.3 Å². The fraction of sp³-hybridized carbons (Fsp3) is 0.765. The highest BCUT2D eigenvalue weighted by Gasteiger charge is 2.45. The van der Waals surface area contributed by atoms with Crippen LogP contribution in [0.4, 0.5) is 0 Å². The Morgan fingerprint density at radius 2 is 2.30 bits per heavy atom. The number of morpholine rings is 1. The summed E-state index contributed by atoms with van der Waals surface area (Å²) in [6, 6.07) is 0. The largest absolute Gasteiger partial charge is 0.370 e. The second kappa shape index (κ2) is 6.51. The van der Waals surface area contributed by atoms with Crippen molar-refractivity contribution in [1.29, 1.82) is 0 Å². The minimum atomic E-state index is 0.0682. The van der Waals surface area contributed by atoms with Crippen LogP contribution in [0.3, 0.4) is 0 Å². The predicted octanol–water partition coefficient (Wildman–Crippen LogP) is 1.80. The Bertz CT molecular complexity index is 565. The number of aryl methyl sites for hydroxylation is 1. The van der Waals surface area contributed by atoms with Crippen LogP contribution < -0.4 is 5.32 Å². The van der Waals surface area contributed by atoms with E-state index in [-0.39, 0.29) is 6.10 Å². The van der Waals surface area contributed by atoms with E-state index < -0.39 is 0 Å². The van der Waals surface area contributed by atoms with Gasteiger partial charge < -0.3 is 15.0 Å². The molecular weight excluding hydrogens is 290 g/mol. The maximum atomic E-state index is 5.93. The molecule has 6 heteroatoms. The average molecular weight is 319 g/mol. The molecule has 6 nitrogen and oxygen atoms in total. The van der Waals surface area contributed by atoms with Crippen molar-refractivity contribution >= 4 is 5.96 Å². The van der Waals surface area contributed by atoms with Gasteiger partial charge in [0.2, 0.25) is 0 Å². The van der Waals surface area contributed by atoms with Crippen LogP contribution in [-0.2, 0) is 11.8 Å². The molecule has 0 aromatic carbocycles. The van der Waals surface area contributed by atoms with Gasteiger partial charge in [-0.25, -0.2) is 0 Å². The predicted molar refractivity (Wildman–Crippen MR) is 91.3 cm³/mol. The monoisotopic (exact) mass is 319 g/mol. The molecule has 2 unspecified atom stereocenters. The van der Waals surface area contributed by atoms with Crippen molar-refractivity contribution in [3.8, 4) is 0 Å². The van der Waals surface area contributed by atoms with Crippen molar-refractivity contribution in [3.63, 3.8) is 0 Å². The highest BCUT2D eigenvalue weighted by Crippen LogP contribution is 2.51. The van der Waals surface area contributed by atoms with E-state index >= 15 is 0 Å². The van der Waals surface area contributed by atoms with Gasteiger partial charge in [-0.1, -0.05) is 13.8 Å². The summed E-state index contributed by atoms with van der Waals surface area (Å²) < 4.78 is 7.75. The fourth-order valence-corrected chi connectivity index (χ4v) is 3.16. The highest BCUT2D eigenvalue weighted by molar-refractivity contribution is 5.80. The topological polar surface area (TPSA) is 54.7 Å². The number of nitrogens with one attached hydrogen (secondary N) is 1. The number of aliphatic imine (C=N–C) groups is 1.